The molecule has 2 aliphatic heterocycles. The van der Waals surface area contributed by atoms with Crippen LogP contribution in [0.4, 0.5) is 4.39 Å². The van der Waals surface area contributed by atoms with E-state index in [0.717, 1.165) is 43.1 Å². The van der Waals surface area contributed by atoms with Crippen molar-refractivity contribution in [3.8, 4) is 0 Å². The third kappa shape index (κ3) is 2.64. The van der Waals surface area contributed by atoms with Crippen LogP contribution in [-0.2, 0) is 4.79 Å². The predicted molar refractivity (Wildman–Crippen MR) is 88.5 cm³/mol. The van der Waals surface area contributed by atoms with Crippen LogP contribution in [0.5, 0.6) is 0 Å². The molecule has 1 aromatic rings. The van der Waals surface area contributed by atoms with E-state index in [2.05, 4.69) is 0 Å². The standard InChI is InChI=1S/C19H21FN2O3/c20-14-8-3-7-13-17(14)19(25)22(18(13)24)11-16(23)21-10-4-6-12-5-1-2-9-15(12)21/h3,7-8,12,15H,1-2,4-6,9-11H2. The molecule has 1 saturated heterocycles. The number of benzene rings is 1. The van der Waals surface area contributed by atoms with E-state index in [1.165, 1.54) is 18.6 Å². The lowest BCUT2D eigenvalue weighted by Crippen LogP contribution is -2.53. The van der Waals surface area contributed by atoms with Crippen LogP contribution in [0.1, 0.15) is 59.2 Å². The van der Waals surface area contributed by atoms with E-state index in [4.69, 9.17) is 0 Å². The van der Waals surface area contributed by atoms with Crippen LogP contribution in [0, 0.1) is 11.7 Å². The van der Waals surface area contributed by atoms with Crippen LogP contribution in [0.25, 0.3) is 0 Å². The van der Waals surface area contributed by atoms with Crippen molar-refractivity contribution in [3.63, 3.8) is 0 Å². The molecular formula is C19H21FN2O3. The van der Waals surface area contributed by atoms with Crippen molar-refractivity contribution >= 4 is 17.7 Å². The lowest BCUT2D eigenvalue weighted by molar-refractivity contribution is -0.137. The third-order valence-corrected chi connectivity index (χ3v) is 5.81. The van der Waals surface area contributed by atoms with Crippen molar-refractivity contribution in [3.05, 3.63) is 35.1 Å². The second-order valence-electron chi connectivity index (χ2n) is 7.20. The van der Waals surface area contributed by atoms with Gasteiger partial charge in [-0.15, -0.1) is 0 Å². The van der Waals surface area contributed by atoms with Gasteiger partial charge in [-0.2, -0.15) is 0 Å². The molecule has 0 bridgehead atoms. The second-order valence-corrected chi connectivity index (χ2v) is 7.20. The summed E-state index contributed by atoms with van der Waals surface area (Å²) in [5.41, 5.74) is -0.165. The first-order valence-electron chi connectivity index (χ1n) is 9.02. The number of hydrogen-bond donors (Lipinski definition) is 0. The molecule has 0 spiro atoms. The lowest BCUT2D eigenvalue weighted by Gasteiger charge is -2.44. The molecule has 0 radical (unpaired) electrons. The zero-order valence-corrected chi connectivity index (χ0v) is 14.0. The third-order valence-electron chi connectivity index (χ3n) is 5.81. The van der Waals surface area contributed by atoms with E-state index in [0.29, 0.717) is 12.5 Å². The van der Waals surface area contributed by atoms with E-state index >= 15 is 0 Å². The zero-order valence-electron chi connectivity index (χ0n) is 14.0. The van der Waals surface area contributed by atoms with Crippen LogP contribution < -0.4 is 0 Å². The Morgan fingerprint density at radius 1 is 1.08 bits per heavy atom. The van der Waals surface area contributed by atoms with Gasteiger partial charge in [0, 0.05) is 12.6 Å². The summed E-state index contributed by atoms with van der Waals surface area (Å²) < 4.78 is 13.9. The van der Waals surface area contributed by atoms with Gasteiger partial charge in [0.2, 0.25) is 5.91 Å². The largest absolute Gasteiger partial charge is 0.338 e. The molecule has 132 valence electrons. The molecule has 6 heteroatoms. The Morgan fingerprint density at radius 2 is 1.84 bits per heavy atom. The number of nitrogens with zero attached hydrogens (tertiary/aromatic N) is 2. The van der Waals surface area contributed by atoms with Crippen molar-refractivity contribution in [1.29, 1.82) is 0 Å². The fourth-order valence-corrected chi connectivity index (χ4v) is 4.60. The molecule has 1 aromatic carbocycles. The Labute approximate surface area is 145 Å². The summed E-state index contributed by atoms with van der Waals surface area (Å²) in [5.74, 6) is -1.66. The van der Waals surface area contributed by atoms with Gasteiger partial charge in [-0.05, 0) is 43.7 Å². The van der Waals surface area contributed by atoms with Gasteiger partial charge in [-0.3, -0.25) is 19.3 Å². The summed E-state index contributed by atoms with van der Waals surface area (Å²) in [5, 5.41) is 0. The fourth-order valence-electron chi connectivity index (χ4n) is 4.60. The van der Waals surface area contributed by atoms with Gasteiger partial charge in [0.25, 0.3) is 11.8 Å². The SMILES string of the molecule is O=C1c2cccc(F)c2C(=O)N1CC(=O)N1CCCC2CCCCC21. The highest BCUT2D eigenvalue weighted by molar-refractivity contribution is 6.22. The van der Waals surface area contributed by atoms with Gasteiger partial charge in [-0.1, -0.05) is 18.9 Å². The molecule has 2 heterocycles. The smallest absolute Gasteiger partial charge is 0.265 e. The predicted octanol–water partition coefficient (Wildman–Crippen LogP) is 2.60. The van der Waals surface area contributed by atoms with Crippen LogP contribution in [0.2, 0.25) is 0 Å². The number of amides is 3. The topological polar surface area (TPSA) is 57.7 Å². The second kappa shape index (κ2) is 6.24. The molecule has 2 unspecified atom stereocenters. The first kappa shape index (κ1) is 16.2. The Morgan fingerprint density at radius 3 is 2.64 bits per heavy atom. The van der Waals surface area contributed by atoms with E-state index in [1.807, 2.05) is 4.90 Å². The maximum Gasteiger partial charge on any atom is 0.265 e. The van der Waals surface area contributed by atoms with E-state index < -0.39 is 17.6 Å². The highest BCUT2D eigenvalue weighted by atomic mass is 19.1. The molecule has 4 rings (SSSR count). The molecule has 1 saturated carbocycles. The van der Waals surface area contributed by atoms with Crippen LogP contribution in [0.3, 0.4) is 0 Å². The number of rotatable bonds is 2. The minimum atomic E-state index is -0.712. The molecule has 1 aliphatic carbocycles. The number of likely N-dealkylation sites (tertiary alicyclic amines) is 1. The van der Waals surface area contributed by atoms with E-state index in [9.17, 15) is 18.8 Å². The molecule has 2 atom stereocenters. The van der Waals surface area contributed by atoms with Gasteiger partial charge >= 0.3 is 0 Å². The number of piperidine rings is 1. The van der Waals surface area contributed by atoms with Crippen LogP contribution in [-0.4, -0.2) is 46.7 Å². The Balaban J connectivity index is 1.52. The molecule has 5 nitrogen and oxygen atoms in total. The lowest BCUT2D eigenvalue weighted by atomic mass is 9.78. The molecular weight excluding hydrogens is 323 g/mol. The van der Waals surface area contributed by atoms with Crippen molar-refractivity contribution in [2.75, 3.05) is 13.1 Å². The van der Waals surface area contributed by atoms with E-state index in [-0.39, 0.29) is 29.6 Å². The Kier molecular flexibility index (Phi) is 4.06. The minimum absolute atomic E-state index is 0.0481. The number of halogens is 1. The number of hydrogen-bond acceptors (Lipinski definition) is 3. The minimum Gasteiger partial charge on any atom is -0.338 e. The first-order chi connectivity index (χ1) is 12.1. The molecule has 3 aliphatic rings. The summed E-state index contributed by atoms with van der Waals surface area (Å²) in [6.07, 6.45) is 6.57. The van der Waals surface area contributed by atoms with Crippen molar-refractivity contribution in [1.82, 2.24) is 9.80 Å². The van der Waals surface area contributed by atoms with Crippen molar-refractivity contribution in [2.24, 2.45) is 5.92 Å². The molecule has 25 heavy (non-hydrogen) atoms. The molecule has 0 N–H and O–H groups in total. The Bertz CT molecular complexity index is 746. The monoisotopic (exact) mass is 344 g/mol. The quantitative estimate of drug-likeness (QED) is 0.775. The summed E-state index contributed by atoms with van der Waals surface area (Å²) >= 11 is 0. The maximum absolute atomic E-state index is 13.9. The normalized spacial score (nSPS) is 25.8. The average Bonchev–Trinajstić information content (AvgIpc) is 2.87. The van der Waals surface area contributed by atoms with Crippen molar-refractivity contribution < 1.29 is 18.8 Å². The fraction of sp³-hybridized carbons (Fsp3) is 0.526. The highest BCUT2D eigenvalue weighted by Gasteiger charge is 2.41. The molecule has 2 fully saturated rings. The number of carbonyl (C=O) groups excluding carboxylic acids is 3. The van der Waals surface area contributed by atoms with Gasteiger partial charge in [0.15, 0.2) is 0 Å². The van der Waals surface area contributed by atoms with E-state index in [1.54, 1.807) is 0 Å². The summed E-state index contributed by atoms with van der Waals surface area (Å²) in [6, 6.07) is 4.22. The van der Waals surface area contributed by atoms with Gasteiger partial charge in [0.1, 0.15) is 12.4 Å². The average molecular weight is 344 g/mol. The molecule has 0 aromatic heterocycles. The van der Waals surface area contributed by atoms with Gasteiger partial charge in [0.05, 0.1) is 11.1 Å². The van der Waals surface area contributed by atoms with Crippen LogP contribution >= 0.6 is 0 Å². The molecule has 3 amide bonds. The number of carbonyl (C=O) groups is 3. The first-order valence-corrected chi connectivity index (χ1v) is 9.02. The number of imide groups is 1. The van der Waals surface area contributed by atoms with Gasteiger partial charge in [-0.25, -0.2) is 4.39 Å². The summed E-state index contributed by atoms with van der Waals surface area (Å²) in [6.45, 7) is 0.381. The summed E-state index contributed by atoms with van der Waals surface area (Å²) in [4.78, 5) is 40.4. The number of fused-ring (bicyclic) bond motifs is 2. The Hall–Kier alpha value is -2.24. The summed E-state index contributed by atoms with van der Waals surface area (Å²) in [7, 11) is 0. The van der Waals surface area contributed by atoms with Crippen molar-refractivity contribution in [2.45, 2.75) is 44.6 Å². The highest BCUT2D eigenvalue weighted by Crippen LogP contribution is 2.35. The zero-order chi connectivity index (χ0) is 17.6. The van der Waals surface area contributed by atoms with Gasteiger partial charge < -0.3 is 4.90 Å². The van der Waals surface area contributed by atoms with Crippen LogP contribution in [0.15, 0.2) is 18.2 Å². The maximum atomic E-state index is 13.9.